The van der Waals surface area contributed by atoms with Gasteiger partial charge in [-0.15, -0.1) is 0 Å². The van der Waals surface area contributed by atoms with Gasteiger partial charge in [0.05, 0.1) is 6.42 Å². The lowest BCUT2D eigenvalue weighted by Gasteiger charge is -2.27. The minimum Gasteiger partial charge on any atom is -0.481 e. The Morgan fingerprint density at radius 2 is 1.89 bits per heavy atom. The fourth-order valence-electron chi connectivity index (χ4n) is 3.45. The van der Waals surface area contributed by atoms with Gasteiger partial charge in [0.25, 0.3) is 11.8 Å². The highest BCUT2D eigenvalue weighted by Crippen LogP contribution is 2.18. The predicted octanol–water partition coefficient (Wildman–Crippen LogP) is 2.13. The third-order valence-corrected chi connectivity index (χ3v) is 5.04. The molecule has 2 amide bonds. The van der Waals surface area contributed by atoms with Crippen LogP contribution in [-0.2, 0) is 4.79 Å². The van der Waals surface area contributed by atoms with E-state index in [1.807, 2.05) is 4.90 Å². The molecular weight excluding hydrogens is 358 g/mol. The number of rotatable bonds is 10. The Labute approximate surface area is 166 Å². The van der Waals surface area contributed by atoms with Crippen LogP contribution in [0.15, 0.2) is 24.3 Å². The number of nitrogens with zero attached hydrogens (tertiary/aromatic N) is 1. The van der Waals surface area contributed by atoms with Gasteiger partial charge in [0.15, 0.2) is 0 Å². The van der Waals surface area contributed by atoms with Crippen molar-refractivity contribution in [1.82, 2.24) is 15.5 Å². The summed E-state index contributed by atoms with van der Waals surface area (Å²) in [6.45, 7) is 5.63. The van der Waals surface area contributed by atoms with Crippen molar-refractivity contribution in [2.45, 2.75) is 39.0 Å². The van der Waals surface area contributed by atoms with Gasteiger partial charge in [-0.05, 0) is 62.9 Å². The zero-order valence-electron chi connectivity index (χ0n) is 16.6. The van der Waals surface area contributed by atoms with Crippen LogP contribution in [0.2, 0.25) is 0 Å². The monoisotopic (exact) mass is 389 g/mol. The topological polar surface area (TPSA) is 98.7 Å². The molecule has 7 heteroatoms. The number of nitrogens with one attached hydrogen (secondary N) is 2. The van der Waals surface area contributed by atoms with E-state index in [4.69, 9.17) is 5.11 Å². The molecule has 154 valence electrons. The molecule has 3 N–H and O–H groups in total. The van der Waals surface area contributed by atoms with Crippen molar-refractivity contribution in [2.75, 3.05) is 32.7 Å². The van der Waals surface area contributed by atoms with E-state index in [0.29, 0.717) is 23.6 Å². The average molecular weight is 389 g/mol. The van der Waals surface area contributed by atoms with Crippen LogP contribution in [0.5, 0.6) is 0 Å². The maximum absolute atomic E-state index is 13.0. The molecule has 0 radical (unpaired) electrons. The number of aliphatic carboxylic acids is 1. The van der Waals surface area contributed by atoms with Crippen molar-refractivity contribution >= 4 is 17.8 Å². The summed E-state index contributed by atoms with van der Waals surface area (Å²) in [4.78, 5) is 37.6. The molecule has 0 aliphatic carbocycles. The van der Waals surface area contributed by atoms with Gasteiger partial charge in [0.1, 0.15) is 0 Å². The third kappa shape index (κ3) is 6.96. The maximum atomic E-state index is 13.0. The molecule has 1 aromatic carbocycles. The van der Waals surface area contributed by atoms with Crippen LogP contribution in [0.3, 0.4) is 0 Å². The van der Waals surface area contributed by atoms with E-state index < -0.39 is 5.97 Å². The van der Waals surface area contributed by atoms with Crippen LogP contribution < -0.4 is 10.6 Å². The van der Waals surface area contributed by atoms with Crippen LogP contribution in [0.1, 0.15) is 59.7 Å². The number of amides is 2. The van der Waals surface area contributed by atoms with Crippen molar-refractivity contribution < 1.29 is 19.5 Å². The Balaban J connectivity index is 1.98. The molecule has 1 fully saturated rings. The molecule has 1 saturated heterocycles. The van der Waals surface area contributed by atoms with E-state index in [0.717, 1.165) is 45.3 Å². The first-order chi connectivity index (χ1) is 13.5. The lowest BCUT2D eigenvalue weighted by molar-refractivity contribution is -0.136. The molecular formula is C21H31N3O4. The Hall–Kier alpha value is -2.41. The third-order valence-electron chi connectivity index (χ3n) is 5.04. The second-order valence-electron chi connectivity index (χ2n) is 7.25. The number of carboxylic acids is 1. The van der Waals surface area contributed by atoms with Crippen molar-refractivity contribution in [3.8, 4) is 0 Å². The summed E-state index contributed by atoms with van der Waals surface area (Å²) in [6, 6.07) is 6.64. The number of carbonyl (C=O) groups is 3. The smallest absolute Gasteiger partial charge is 0.305 e. The van der Waals surface area contributed by atoms with Crippen molar-refractivity contribution in [3.05, 3.63) is 35.4 Å². The summed E-state index contributed by atoms with van der Waals surface area (Å²) in [5.41, 5.74) is 0.857. The van der Waals surface area contributed by atoms with Crippen molar-refractivity contribution in [3.63, 3.8) is 0 Å². The number of carbonyl (C=O) groups excluding carboxylic acids is 2. The molecule has 0 spiro atoms. The van der Waals surface area contributed by atoms with Crippen LogP contribution in [-0.4, -0.2) is 60.5 Å². The van der Waals surface area contributed by atoms with E-state index in [9.17, 15) is 14.4 Å². The van der Waals surface area contributed by atoms with Gasteiger partial charge >= 0.3 is 5.97 Å². The second kappa shape index (κ2) is 11.4. The molecule has 0 bridgehead atoms. The first-order valence-electron chi connectivity index (χ1n) is 10.1. The summed E-state index contributed by atoms with van der Waals surface area (Å²) in [6.07, 6.45) is 4.06. The van der Waals surface area contributed by atoms with Gasteiger partial charge in [-0.25, -0.2) is 0 Å². The second-order valence-corrected chi connectivity index (χ2v) is 7.25. The fraction of sp³-hybridized carbons (Fsp3) is 0.571. The highest BCUT2D eigenvalue weighted by atomic mass is 16.4. The zero-order valence-corrected chi connectivity index (χ0v) is 16.6. The first kappa shape index (κ1) is 21.9. The highest BCUT2D eigenvalue weighted by Gasteiger charge is 2.19. The van der Waals surface area contributed by atoms with E-state index >= 15 is 0 Å². The van der Waals surface area contributed by atoms with Gasteiger partial charge in [-0.3, -0.25) is 14.4 Å². The molecule has 2 rings (SSSR count). The predicted molar refractivity (Wildman–Crippen MR) is 107 cm³/mol. The maximum Gasteiger partial charge on any atom is 0.305 e. The average Bonchev–Trinajstić information content (AvgIpc) is 2.71. The Morgan fingerprint density at radius 1 is 1.18 bits per heavy atom. The quantitative estimate of drug-likeness (QED) is 0.569. The fourth-order valence-corrected chi connectivity index (χ4v) is 3.45. The Kier molecular flexibility index (Phi) is 8.94. The summed E-state index contributed by atoms with van der Waals surface area (Å²) >= 11 is 0. The van der Waals surface area contributed by atoms with Crippen molar-refractivity contribution in [2.24, 2.45) is 5.92 Å². The Bertz CT molecular complexity index is 671. The first-order valence-corrected chi connectivity index (χ1v) is 10.1. The lowest BCUT2D eigenvalue weighted by Crippen LogP contribution is -2.35. The molecule has 0 aromatic heterocycles. The summed E-state index contributed by atoms with van der Waals surface area (Å²) in [5.74, 6) is -0.739. The van der Waals surface area contributed by atoms with Gasteiger partial charge in [-0.2, -0.15) is 0 Å². The summed E-state index contributed by atoms with van der Waals surface area (Å²) in [5, 5.41) is 14.6. The lowest BCUT2D eigenvalue weighted by atomic mass is 9.94. The van der Waals surface area contributed by atoms with Crippen LogP contribution in [0.25, 0.3) is 0 Å². The SMILES string of the molecule is CCCN(CCC1CCNCC1)C(=O)c1cccc(C(=O)NCCC(=O)O)c1. The van der Waals surface area contributed by atoms with E-state index in [1.165, 1.54) is 0 Å². The molecule has 0 saturated carbocycles. The number of benzene rings is 1. The van der Waals surface area contributed by atoms with Crippen LogP contribution >= 0.6 is 0 Å². The number of hydrogen-bond acceptors (Lipinski definition) is 4. The van der Waals surface area contributed by atoms with Gasteiger partial charge in [-0.1, -0.05) is 13.0 Å². The highest BCUT2D eigenvalue weighted by molar-refractivity contribution is 5.99. The van der Waals surface area contributed by atoms with Gasteiger partial charge < -0.3 is 20.6 Å². The molecule has 1 aliphatic rings. The van der Waals surface area contributed by atoms with E-state index in [-0.39, 0.29) is 24.8 Å². The van der Waals surface area contributed by atoms with E-state index in [2.05, 4.69) is 17.6 Å². The molecule has 0 unspecified atom stereocenters. The normalized spacial score (nSPS) is 14.5. The molecule has 28 heavy (non-hydrogen) atoms. The minimum atomic E-state index is -0.965. The molecule has 0 atom stereocenters. The molecule has 1 heterocycles. The zero-order chi connectivity index (χ0) is 20.4. The van der Waals surface area contributed by atoms with Crippen LogP contribution in [0.4, 0.5) is 0 Å². The molecule has 7 nitrogen and oxygen atoms in total. The minimum absolute atomic E-state index is 0.0593. The van der Waals surface area contributed by atoms with Crippen LogP contribution in [0, 0.1) is 5.92 Å². The van der Waals surface area contributed by atoms with Gasteiger partial charge in [0, 0.05) is 30.8 Å². The number of piperidine rings is 1. The van der Waals surface area contributed by atoms with Gasteiger partial charge in [0.2, 0.25) is 0 Å². The molecule has 1 aromatic rings. The molecule has 1 aliphatic heterocycles. The largest absolute Gasteiger partial charge is 0.481 e. The summed E-state index contributed by atoms with van der Waals surface area (Å²) in [7, 11) is 0. The van der Waals surface area contributed by atoms with E-state index in [1.54, 1.807) is 24.3 Å². The number of hydrogen-bond donors (Lipinski definition) is 3. The summed E-state index contributed by atoms with van der Waals surface area (Å²) < 4.78 is 0. The Morgan fingerprint density at radius 3 is 2.57 bits per heavy atom. The van der Waals surface area contributed by atoms with Crippen molar-refractivity contribution in [1.29, 1.82) is 0 Å². The number of carboxylic acid groups (broad SMARTS) is 1. The standard InChI is InChI=1S/C21H31N3O4/c1-2-13-24(14-9-16-6-10-22-11-7-16)21(28)18-5-3-4-17(15-18)20(27)23-12-8-19(25)26/h3-5,15-16,22H,2,6-14H2,1H3,(H,23,27)(H,25,26).